The van der Waals surface area contributed by atoms with Crippen molar-refractivity contribution in [3.05, 3.63) is 24.1 Å². The number of nitrogens with zero attached hydrogens (tertiary/aromatic N) is 1. The molecule has 3 nitrogen and oxygen atoms in total. The lowest BCUT2D eigenvalue weighted by atomic mass is 10.3. The van der Waals surface area contributed by atoms with Crippen LogP contribution in [0.15, 0.2) is 22.7 Å². The number of aryl methyl sites for hydroxylation is 1. The predicted octanol–water partition coefficient (Wildman–Crippen LogP) is 2.93. The van der Waals surface area contributed by atoms with Crippen LogP contribution in [0.25, 0.3) is 11.0 Å². The van der Waals surface area contributed by atoms with Crippen molar-refractivity contribution < 1.29 is 9.15 Å². The average molecular weight is 191 g/mol. The first kappa shape index (κ1) is 9.06. The molecule has 0 aliphatic carbocycles. The highest BCUT2D eigenvalue weighted by molar-refractivity contribution is 5.82. The second-order valence-corrected chi connectivity index (χ2v) is 3.23. The van der Waals surface area contributed by atoms with Crippen LogP contribution in [0.1, 0.15) is 19.1 Å². The van der Waals surface area contributed by atoms with Crippen LogP contribution in [0.2, 0.25) is 0 Å². The van der Waals surface area contributed by atoms with Gasteiger partial charge in [0.1, 0.15) is 11.3 Å². The Labute approximate surface area is 82.7 Å². The number of pyridine rings is 1. The molecule has 0 fully saturated rings. The number of aromatic nitrogens is 1. The number of rotatable bonds is 3. The van der Waals surface area contributed by atoms with E-state index in [-0.39, 0.29) is 0 Å². The molecule has 2 heterocycles. The van der Waals surface area contributed by atoms with Crippen molar-refractivity contribution in [3.63, 3.8) is 0 Å². The molecule has 2 aromatic heterocycles. The second-order valence-electron chi connectivity index (χ2n) is 3.23. The summed E-state index contributed by atoms with van der Waals surface area (Å²) in [6.45, 7) is 4.68. The summed E-state index contributed by atoms with van der Waals surface area (Å²) in [5.41, 5.74) is 0.837. The predicted molar refractivity (Wildman–Crippen MR) is 54.5 cm³/mol. The molecule has 0 atom stereocenters. The molecule has 74 valence electrons. The van der Waals surface area contributed by atoms with Crippen molar-refractivity contribution in [2.24, 2.45) is 0 Å². The van der Waals surface area contributed by atoms with Crippen molar-refractivity contribution in [2.75, 3.05) is 6.61 Å². The van der Waals surface area contributed by atoms with Crippen molar-refractivity contribution >= 4 is 11.0 Å². The van der Waals surface area contributed by atoms with Crippen LogP contribution >= 0.6 is 0 Å². The summed E-state index contributed by atoms with van der Waals surface area (Å²) in [7, 11) is 0. The van der Waals surface area contributed by atoms with Gasteiger partial charge in [0, 0.05) is 12.3 Å². The van der Waals surface area contributed by atoms with E-state index in [1.807, 2.05) is 19.1 Å². The molecule has 14 heavy (non-hydrogen) atoms. The van der Waals surface area contributed by atoms with Gasteiger partial charge in [0.05, 0.1) is 12.0 Å². The van der Waals surface area contributed by atoms with Gasteiger partial charge in [-0.05, 0) is 19.4 Å². The Hall–Kier alpha value is -1.51. The van der Waals surface area contributed by atoms with Crippen LogP contribution in [0.4, 0.5) is 0 Å². The Morgan fingerprint density at radius 2 is 2.36 bits per heavy atom. The van der Waals surface area contributed by atoms with Crippen LogP contribution in [0, 0.1) is 6.92 Å². The smallest absolute Gasteiger partial charge is 0.224 e. The van der Waals surface area contributed by atoms with Gasteiger partial charge >= 0.3 is 0 Å². The SMILES string of the molecule is CCCOc1nccc2oc(C)cc12. The van der Waals surface area contributed by atoms with Crippen LogP contribution in [0.5, 0.6) is 5.88 Å². The zero-order valence-corrected chi connectivity index (χ0v) is 8.41. The van der Waals surface area contributed by atoms with Gasteiger partial charge in [-0.1, -0.05) is 6.92 Å². The molecule has 0 amide bonds. The summed E-state index contributed by atoms with van der Waals surface area (Å²) in [6.07, 6.45) is 2.69. The third-order valence-corrected chi connectivity index (χ3v) is 1.98. The largest absolute Gasteiger partial charge is 0.477 e. The highest BCUT2D eigenvalue weighted by atomic mass is 16.5. The van der Waals surface area contributed by atoms with Crippen LogP contribution in [-0.4, -0.2) is 11.6 Å². The lowest BCUT2D eigenvalue weighted by Gasteiger charge is -2.02. The lowest BCUT2D eigenvalue weighted by molar-refractivity contribution is 0.309. The van der Waals surface area contributed by atoms with Crippen molar-refractivity contribution in [2.45, 2.75) is 20.3 Å². The van der Waals surface area contributed by atoms with Gasteiger partial charge in [0.2, 0.25) is 5.88 Å². The molecule has 0 unspecified atom stereocenters. The first-order valence-electron chi connectivity index (χ1n) is 4.79. The molecule has 0 spiro atoms. The van der Waals surface area contributed by atoms with E-state index in [0.29, 0.717) is 12.5 Å². The van der Waals surface area contributed by atoms with E-state index in [1.54, 1.807) is 6.20 Å². The molecule has 0 bridgehead atoms. The van der Waals surface area contributed by atoms with Gasteiger partial charge in [0.15, 0.2) is 0 Å². The lowest BCUT2D eigenvalue weighted by Crippen LogP contribution is -1.96. The normalized spacial score (nSPS) is 10.7. The second kappa shape index (κ2) is 3.70. The van der Waals surface area contributed by atoms with E-state index in [4.69, 9.17) is 9.15 Å². The first-order valence-corrected chi connectivity index (χ1v) is 4.79. The standard InChI is InChI=1S/C11H13NO2/c1-3-6-13-11-9-7-8(2)14-10(9)4-5-12-11/h4-5,7H,3,6H2,1-2H3. The number of hydrogen-bond acceptors (Lipinski definition) is 3. The van der Waals surface area contributed by atoms with E-state index < -0.39 is 0 Å². The molecule has 0 N–H and O–H groups in total. The van der Waals surface area contributed by atoms with Crippen LogP contribution < -0.4 is 4.74 Å². The third-order valence-electron chi connectivity index (χ3n) is 1.98. The van der Waals surface area contributed by atoms with Crippen molar-refractivity contribution in [1.82, 2.24) is 4.98 Å². The Kier molecular flexibility index (Phi) is 2.39. The van der Waals surface area contributed by atoms with Crippen LogP contribution in [-0.2, 0) is 0 Å². The summed E-state index contributed by atoms with van der Waals surface area (Å²) in [5, 5.41) is 0.957. The minimum Gasteiger partial charge on any atom is -0.477 e. The topological polar surface area (TPSA) is 35.3 Å². The number of hydrogen-bond donors (Lipinski definition) is 0. The van der Waals surface area contributed by atoms with E-state index in [0.717, 1.165) is 23.2 Å². The summed E-state index contributed by atoms with van der Waals surface area (Å²) in [5.74, 6) is 1.55. The van der Waals surface area contributed by atoms with Gasteiger partial charge in [-0.15, -0.1) is 0 Å². The quantitative estimate of drug-likeness (QED) is 0.748. The minimum atomic E-state index is 0.668. The van der Waals surface area contributed by atoms with Crippen molar-refractivity contribution in [3.8, 4) is 5.88 Å². The van der Waals surface area contributed by atoms with Gasteiger partial charge in [-0.2, -0.15) is 0 Å². The van der Waals surface area contributed by atoms with E-state index in [1.165, 1.54) is 0 Å². The summed E-state index contributed by atoms with van der Waals surface area (Å²) in [6, 6.07) is 3.80. The summed E-state index contributed by atoms with van der Waals surface area (Å²) in [4.78, 5) is 4.18. The Balaban J connectivity index is 2.42. The van der Waals surface area contributed by atoms with Crippen molar-refractivity contribution in [1.29, 1.82) is 0 Å². The van der Waals surface area contributed by atoms with Gasteiger partial charge in [-0.25, -0.2) is 4.98 Å². The molecular formula is C11H13NO2. The maximum absolute atomic E-state index is 5.51. The summed E-state index contributed by atoms with van der Waals surface area (Å²) < 4.78 is 11.0. The fourth-order valence-corrected chi connectivity index (χ4v) is 1.38. The monoisotopic (exact) mass is 191 g/mol. The van der Waals surface area contributed by atoms with Gasteiger partial charge in [0.25, 0.3) is 0 Å². The fraction of sp³-hybridized carbons (Fsp3) is 0.364. The molecule has 0 aromatic carbocycles. The van der Waals surface area contributed by atoms with E-state index >= 15 is 0 Å². The molecule has 3 heteroatoms. The minimum absolute atomic E-state index is 0.668. The Bertz CT molecular complexity index is 434. The molecule has 0 saturated carbocycles. The highest BCUT2D eigenvalue weighted by Crippen LogP contribution is 2.25. The van der Waals surface area contributed by atoms with Gasteiger partial charge in [-0.3, -0.25) is 0 Å². The average Bonchev–Trinajstić information content (AvgIpc) is 2.55. The maximum atomic E-state index is 5.51. The molecule has 0 aliphatic heterocycles. The molecule has 0 aliphatic rings. The molecule has 2 aromatic rings. The highest BCUT2D eigenvalue weighted by Gasteiger charge is 2.07. The molecular weight excluding hydrogens is 178 g/mol. The maximum Gasteiger partial charge on any atom is 0.224 e. The zero-order valence-electron chi connectivity index (χ0n) is 8.41. The Morgan fingerprint density at radius 1 is 1.50 bits per heavy atom. The fourth-order valence-electron chi connectivity index (χ4n) is 1.38. The molecule has 0 saturated heterocycles. The molecule has 0 radical (unpaired) electrons. The number of furan rings is 1. The number of ether oxygens (including phenoxy) is 1. The summed E-state index contributed by atoms with van der Waals surface area (Å²) >= 11 is 0. The number of fused-ring (bicyclic) bond motifs is 1. The Morgan fingerprint density at radius 3 is 3.14 bits per heavy atom. The van der Waals surface area contributed by atoms with Crippen LogP contribution in [0.3, 0.4) is 0 Å². The van der Waals surface area contributed by atoms with E-state index in [9.17, 15) is 0 Å². The zero-order chi connectivity index (χ0) is 9.97. The van der Waals surface area contributed by atoms with Gasteiger partial charge < -0.3 is 9.15 Å². The molecule has 2 rings (SSSR count). The first-order chi connectivity index (χ1) is 6.81. The third kappa shape index (κ3) is 1.58. The van der Waals surface area contributed by atoms with E-state index in [2.05, 4.69) is 11.9 Å².